The second-order valence-corrected chi connectivity index (χ2v) is 8.28. The Bertz CT molecular complexity index is 428. The lowest BCUT2D eigenvalue weighted by molar-refractivity contribution is -0.304. The van der Waals surface area contributed by atoms with E-state index in [1.165, 1.54) is 12.8 Å². The molecule has 2 bridgehead atoms. The fraction of sp³-hybridized carbons (Fsp3) is 1.00. The normalized spacial score (nSPS) is 75.2. The van der Waals surface area contributed by atoms with Crippen LogP contribution in [0.5, 0.6) is 0 Å². The lowest BCUT2D eigenvalue weighted by atomic mass is 9.83. The SMILES string of the molecule is C[C@]12O[C@@H]3S[C@@H]4O[C@](C)(O1)[C@H]1[C@@H]4C4(CC4)[C@@H]3[C@H]12. The molecular weight excluding hydrogens is 236 g/mol. The molecule has 1 spiro atoms. The number of rotatable bonds is 0. The maximum Gasteiger partial charge on any atom is 0.174 e. The van der Waals surface area contributed by atoms with Crippen LogP contribution >= 0.6 is 11.8 Å². The molecule has 6 aliphatic rings. The van der Waals surface area contributed by atoms with Gasteiger partial charge in [-0.1, -0.05) is 11.8 Å². The van der Waals surface area contributed by atoms with Gasteiger partial charge in [0.05, 0.1) is 0 Å². The van der Waals surface area contributed by atoms with E-state index in [1.807, 2.05) is 11.8 Å². The van der Waals surface area contributed by atoms with Crippen LogP contribution in [0.2, 0.25) is 0 Å². The van der Waals surface area contributed by atoms with Crippen LogP contribution in [0.25, 0.3) is 0 Å². The summed E-state index contributed by atoms with van der Waals surface area (Å²) in [7, 11) is 0. The van der Waals surface area contributed by atoms with Crippen molar-refractivity contribution in [2.75, 3.05) is 0 Å². The molecule has 4 aliphatic heterocycles. The lowest BCUT2D eigenvalue weighted by Crippen LogP contribution is -2.40. The molecule has 0 aromatic carbocycles. The number of ether oxygens (including phenoxy) is 3. The Morgan fingerprint density at radius 2 is 1.41 bits per heavy atom. The average molecular weight is 252 g/mol. The van der Waals surface area contributed by atoms with Crippen molar-refractivity contribution in [2.45, 2.75) is 49.1 Å². The van der Waals surface area contributed by atoms with Gasteiger partial charge in [0.1, 0.15) is 10.9 Å². The van der Waals surface area contributed by atoms with E-state index in [-0.39, 0.29) is 11.6 Å². The number of hydrogen-bond donors (Lipinski definition) is 0. The van der Waals surface area contributed by atoms with E-state index in [2.05, 4.69) is 13.8 Å². The third-order valence-corrected chi connectivity index (χ3v) is 7.80. The van der Waals surface area contributed by atoms with Crippen molar-refractivity contribution in [3.05, 3.63) is 0 Å². The van der Waals surface area contributed by atoms with Gasteiger partial charge in [-0.15, -0.1) is 0 Å². The molecule has 4 saturated heterocycles. The molecule has 0 N–H and O–H groups in total. The van der Waals surface area contributed by atoms with Gasteiger partial charge in [-0.05, 0) is 32.1 Å². The molecule has 4 heterocycles. The summed E-state index contributed by atoms with van der Waals surface area (Å²) in [6.07, 6.45) is 2.81. The van der Waals surface area contributed by atoms with E-state index in [0.29, 0.717) is 28.1 Å². The summed E-state index contributed by atoms with van der Waals surface area (Å²) < 4.78 is 18.8. The minimum atomic E-state index is -0.364. The predicted octanol–water partition coefficient (Wildman–Crippen LogP) is 2.17. The van der Waals surface area contributed by atoms with Crippen molar-refractivity contribution in [1.29, 1.82) is 0 Å². The fourth-order valence-corrected chi connectivity index (χ4v) is 8.07. The zero-order valence-electron chi connectivity index (χ0n) is 10.0. The Balaban J connectivity index is 1.69. The van der Waals surface area contributed by atoms with Crippen LogP contribution in [-0.2, 0) is 14.2 Å². The van der Waals surface area contributed by atoms with Crippen molar-refractivity contribution >= 4 is 11.8 Å². The topological polar surface area (TPSA) is 27.7 Å². The molecular formula is C13H16O3S. The highest BCUT2D eigenvalue weighted by Crippen LogP contribution is 2.85. The van der Waals surface area contributed by atoms with Crippen molar-refractivity contribution in [3.8, 4) is 0 Å². The Morgan fingerprint density at radius 3 is 1.88 bits per heavy atom. The first-order valence-electron chi connectivity index (χ1n) is 6.79. The summed E-state index contributed by atoms with van der Waals surface area (Å²) >= 11 is 1.94. The first kappa shape index (κ1) is 9.18. The van der Waals surface area contributed by atoms with Gasteiger partial charge in [0.2, 0.25) is 0 Å². The van der Waals surface area contributed by atoms with Crippen LogP contribution in [0.3, 0.4) is 0 Å². The van der Waals surface area contributed by atoms with Gasteiger partial charge in [-0.25, -0.2) is 0 Å². The molecule has 8 atom stereocenters. The van der Waals surface area contributed by atoms with Crippen LogP contribution in [0.1, 0.15) is 26.7 Å². The van der Waals surface area contributed by atoms with Gasteiger partial charge in [-0.3, -0.25) is 0 Å². The van der Waals surface area contributed by atoms with Gasteiger partial charge in [-0.2, -0.15) is 0 Å². The van der Waals surface area contributed by atoms with E-state index in [4.69, 9.17) is 14.2 Å². The van der Waals surface area contributed by atoms with E-state index in [1.54, 1.807) is 0 Å². The molecule has 2 saturated carbocycles. The second-order valence-electron chi connectivity index (χ2n) is 7.08. The number of hydrogen-bond acceptors (Lipinski definition) is 4. The second kappa shape index (κ2) is 2.11. The lowest BCUT2D eigenvalue weighted by Gasteiger charge is -2.39. The van der Waals surface area contributed by atoms with E-state index >= 15 is 0 Å². The molecule has 6 fully saturated rings. The zero-order valence-corrected chi connectivity index (χ0v) is 10.8. The molecule has 0 amide bonds. The average Bonchev–Trinajstić information content (AvgIpc) is 2.62. The minimum absolute atomic E-state index is 0.337. The largest absolute Gasteiger partial charge is 0.335 e. The van der Waals surface area contributed by atoms with Crippen molar-refractivity contribution < 1.29 is 14.2 Å². The minimum Gasteiger partial charge on any atom is -0.335 e. The quantitative estimate of drug-likeness (QED) is 0.660. The molecule has 92 valence electrons. The Kier molecular flexibility index (Phi) is 1.14. The van der Waals surface area contributed by atoms with E-state index < -0.39 is 0 Å². The van der Waals surface area contributed by atoms with Gasteiger partial charge >= 0.3 is 0 Å². The summed E-state index contributed by atoms with van der Waals surface area (Å²) in [5.41, 5.74) is 1.25. The summed E-state index contributed by atoms with van der Waals surface area (Å²) in [5.74, 6) is 1.94. The van der Waals surface area contributed by atoms with E-state index in [9.17, 15) is 0 Å². The molecule has 0 radical (unpaired) electrons. The van der Waals surface area contributed by atoms with Gasteiger partial charge < -0.3 is 14.2 Å². The van der Waals surface area contributed by atoms with Crippen molar-refractivity contribution in [1.82, 2.24) is 0 Å². The van der Waals surface area contributed by atoms with Crippen LogP contribution in [0, 0.1) is 29.1 Å². The maximum absolute atomic E-state index is 6.30. The summed E-state index contributed by atoms with van der Waals surface area (Å²) in [5, 5.41) is 0. The van der Waals surface area contributed by atoms with Crippen LogP contribution in [0.15, 0.2) is 0 Å². The predicted molar refractivity (Wildman–Crippen MR) is 60.9 cm³/mol. The molecule has 6 rings (SSSR count). The van der Waals surface area contributed by atoms with Crippen molar-refractivity contribution in [3.63, 3.8) is 0 Å². The molecule has 0 aromatic heterocycles. The molecule has 0 unspecified atom stereocenters. The maximum atomic E-state index is 6.30. The number of thioether (sulfide) groups is 1. The zero-order chi connectivity index (χ0) is 11.2. The standard InChI is InChI=1S/C13H16O3S/c1-11-5-6-8-10(15-12(6,2)16-11)17-9(14-11)7(5)13(8)3-4-13/h5-10H,3-4H2,1-2H3/t5-,6+,7+,8-,9+,10-,11-,12+. The third-order valence-electron chi connectivity index (χ3n) is 6.49. The molecule has 4 heteroatoms. The Morgan fingerprint density at radius 1 is 0.882 bits per heavy atom. The summed E-state index contributed by atoms with van der Waals surface area (Å²) in [6.45, 7) is 4.30. The van der Waals surface area contributed by atoms with Crippen LogP contribution < -0.4 is 0 Å². The molecule has 3 nitrogen and oxygen atoms in total. The van der Waals surface area contributed by atoms with Crippen LogP contribution in [-0.4, -0.2) is 22.4 Å². The molecule has 2 aliphatic carbocycles. The Labute approximate surface area is 105 Å². The van der Waals surface area contributed by atoms with Gasteiger partial charge in [0, 0.05) is 23.7 Å². The molecule has 0 aromatic rings. The summed E-state index contributed by atoms with van der Waals surface area (Å²) in [4.78, 5) is 0. The first-order chi connectivity index (χ1) is 8.08. The van der Waals surface area contributed by atoms with Crippen LogP contribution in [0.4, 0.5) is 0 Å². The Hall–Kier alpha value is 0.230. The first-order valence-corrected chi connectivity index (χ1v) is 7.73. The highest BCUT2D eigenvalue weighted by molar-refractivity contribution is 8.00. The smallest absolute Gasteiger partial charge is 0.174 e. The third kappa shape index (κ3) is 0.686. The highest BCUT2D eigenvalue weighted by atomic mass is 32.2. The highest BCUT2D eigenvalue weighted by Gasteiger charge is 2.87. The van der Waals surface area contributed by atoms with E-state index in [0.717, 1.165) is 11.8 Å². The van der Waals surface area contributed by atoms with Gasteiger partial charge in [0.25, 0.3) is 0 Å². The van der Waals surface area contributed by atoms with Gasteiger partial charge in [0.15, 0.2) is 11.6 Å². The van der Waals surface area contributed by atoms with Crippen molar-refractivity contribution in [2.24, 2.45) is 29.1 Å². The summed E-state index contributed by atoms with van der Waals surface area (Å²) in [6, 6.07) is 0. The fourth-order valence-electron chi connectivity index (χ4n) is 6.09. The monoisotopic (exact) mass is 252 g/mol. The molecule has 17 heavy (non-hydrogen) atoms.